The Hall–Kier alpha value is -3.53. The minimum Gasteiger partial charge on any atom is -0.304 e. The molecule has 0 bridgehead atoms. The van der Waals surface area contributed by atoms with Gasteiger partial charge in [-0.15, -0.1) is 35.9 Å². The molecule has 0 spiro atoms. The van der Waals surface area contributed by atoms with Gasteiger partial charge in [0.1, 0.15) is 0 Å². The summed E-state index contributed by atoms with van der Waals surface area (Å²) in [5.41, 5.74) is 7.27. The third kappa shape index (κ3) is 6.43. The Morgan fingerprint density at radius 2 is 1.11 bits per heavy atom. The van der Waals surface area contributed by atoms with Gasteiger partial charge in [-0.1, -0.05) is 87.4 Å². The quantitative estimate of drug-likeness (QED) is 0.161. The molecule has 0 fully saturated rings. The number of hydrogen-bond donors (Lipinski definition) is 0. The van der Waals surface area contributed by atoms with E-state index in [0.29, 0.717) is 17.5 Å². The zero-order chi connectivity index (χ0) is 24.7. The first kappa shape index (κ1) is 26.5. The predicted octanol–water partition coefficient (Wildman–Crippen LogP) is 7.64. The van der Waals surface area contributed by atoms with Crippen LogP contribution in [0.25, 0.3) is 45.4 Å². The molecule has 0 aliphatic carbocycles. The second kappa shape index (κ2) is 12.6. The van der Waals surface area contributed by atoms with Gasteiger partial charge in [-0.2, -0.15) is 0 Å². The van der Waals surface area contributed by atoms with E-state index in [1.54, 1.807) is 0 Å². The van der Waals surface area contributed by atoms with Gasteiger partial charge >= 0.3 is 0 Å². The summed E-state index contributed by atoms with van der Waals surface area (Å²) in [6.07, 6.45) is 6.20. The van der Waals surface area contributed by atoms with Crippen LogP contribution in [0, 0.1) is 6.07 Å². The van der Waals surface area contributed by atoms with Gasteiger partial charge < -0.3 is 4.98 Å². The van der Waals surface area contributed by atoms with E-state index in [0.717, 1.165) is 53.6 Å². The van der Waals surface area contributed by atoms with E-state index in [-0.39, 0.29) is 20.1 Å². The second-order valence-electron chi connectivity index (χ2n) is 8.91. The Bertz CT molecular complexity index is 1350. The van der Waals surface area contributed by atoms with Crippen LogP contribution < -0.4 is 0 Å². The van der Waals surface area contributed by atoms with Crippen molar-refractivity contribution in [2.45, 2.75) is 39.5 Å². The Balaban J connectivity index is 0.00000320. The normalized spacial score (nSPS) is 10.6. The summed E-state index contributed by atoms with van der Waals surface area (Å²) < 4.78 is 0. The first-order valence-corrected chi connectivity index (χ1v) is 12.6. The van der Waals surface area contributed by atoms with Crippen LogP contribution >= 0.6 is 0 Å². The fourth-order valence-corrected chi connectivity index (χ4v) is 4.22. The Labute approximate surface area is 232 Å². The number of aromatic nitrogens is 4. The van der Waals surface area contributed by atoms with Crippen molar-refractivity contribution in [2.24, 2.45) is 0 Å². The summed E-state index contributed by atoms with van der Waals surface area (Å²) in [6, 6.07) is 32.1. The van der Waals surface area contributed by atoms with E-state index in [4.69, 9.17) is 15.0 Å². The summed E-state index contributed by atoms with van der Waals surface area (Å²) in [4.78, 5) is 19.2. The standard InChI is InChI=1S/C32H29N4.Ir/c1-3-8-23-12-16-26(17-13-23)30-34-31(27-18-14-24(9-4-2)15-19-27)36-32(35-30)28-20-21-29(33-22-28)25-10-6-5-7-11-25;/h5-7,10,12-22H,3-4,8-9H2,1-2H3;/q-1;. The van der Waals surface area contributed by atoms with Gasteiger partial charge in [0, 0.05) is 43.0 Å². The number of pyridine rings is 1. The van der Waals surface area contributed by atoms with Crippen molar-refractivity contribution >= 4 is 0 Å². The third-order valence-corrected chi connectivity index (χ3v) is 6.14. The van der Waals surface area contributed by atoms with E-state index in [1.807, 2.05) is 42.6 Å². The Morgan fingerprint density at radius 1 is 0.595 bits per heavy atom. The maximum Gasteiger partial charge on any atom is 0.165 e. The molecule has 0 amide bonds. The molecule has 3 aromatic carbocycles. The Morgan fingerprint density at radius 3 is 1.54 bits per heavy atom. The SMILES string of the molecule is CCCc1ccc(-c2nc(-c3ccc(CCC)cc3)nc(-c3ccc(-c4[c-]cccc4)nc3)n2)cc1.[Ir]. The number of hydrogen-bond acceptors (Lipinski definition) is 4. The zero-order valence-corrected chi connectivity index (χ0v) is 23.5. The van der Waals surface area contributed by atoms with Crippen molar-refractivity contribution in [2.75, 3.05) is 0 Å². The van der Waals surface area contributed by atoms with E-state index in [9.17, 15) is 0 Å². The van der Waals surface area contributed by atoms with E-state index in [2.05, 4.69) is 73.4 Å². The molecule has 0 unspecified atom stereocenters. The van der Waals surface area contributed by atoms with Crippen LogP contribution in [0.3, 0.4) is 0 Å². The second-order valence-corrected chi connectivity index (χ2v) is 8.91. The van der Waals surface area contributed by atoms with Crippen molar-refractivity contribution in [3.05, 3.63) is 108 Å². The van der Waals surface area contributed by atoms with Crippen LogP contribution in [0.15, 0.2) is 91.1 Å². The topological polar surface area (TPSA) is 51.6 Å². The largest absolute Gasteiger partial charge is 0.304 e. The summed E-state index contributed by atoms with van der Waals surface area (Å²) in [6.45, 7) is 4.39. The fourth-order valence-electron chi connectivity index (χ4n) is 4.22. The van der Waals surface area contributed by atoms with E-state index >= 15 is 0 Å². The average Bonchev–Trinajstić information content (AvgIpc) is 2.95. The first-order chi connectivity index (χ1) is 17.7. The third-order valence-electron chi connectivity index (χ3n) is 6.14. The molecular weight excluding hydrogens is 633 g/mol. The molecule has 4 nitrogen and oxygen atoms in total. The summed E-state index contributed by atoms with van der Waals surface area (Å²) in [5, 5.41) is 0. The predicted molar refractivity (Wildman–Crippen MR) is 146 cm³/mol. The average molecular weight is 662 g/mol. The minimum absolute atomic E-state index is 0. The zero-order valence-electron chi connectivity index (χ0n) is 21.1. The van der Waals surface area contributed by atoms with Crippen molar-refractivity contribution in [1.82, 2.24) is 19.9 Å². The maximum absolute atomic E-state index is 4.87. The van der Waals surface area contributed by atoms with Crippen molar-refractivity contribution in [3.63, 3.8) is 0 Å². The molecular formula is C32H29IrN4-. The molecule has 5 rings (SSSR count). The molecule has 37 heavy (non-hydrogen) atoms. The smallest absolute Gasteiger partial charge is 0.165 e. The first-order valence-electron chi connectivity index (χ1n) is 12.6. The molecule has 0 aliphatic heterocycles. The van der Waals surface area contributed by atoms with Gasteiger partial charge in [-0.25, -0.2) is 15.0 Å². The van der Waals surface area contributed by atoms with Crippen LogP contribution in [0.2, 0.25) is 0 Å². The Kier molecular flexibility index (Phi) is 9.05. The summed E-state index contributed by atoms with van der Waals surface area (Å²) in [7, 11) is 0. The molecule has 0 N–H and O–H groups in total. The molecule has 5 aromatic rings. The van der Waals surface area contributed by atoms with Crippen LogP contribution in [-0.4, -0.2) is 19.9 Å². The number of aryl methyl sites for hydroxylation is 2. The van der Waals surface area contributed by atoms with Gasteiger partial charge in [-0.05, 0) is 29.7 Å². The van der Waals surface area contributed by atoms with Crippen molar-refractivity contribution in [1.29, 1.82) is 0 Å². The van der Waals surface area contributed by atoms with Gasteiger partial charge in [0.2, 0.25) is 0 Å². The molecule has 5 heteroatoms. The van der Waals surface area contributed by atoms with E-state index in [1.165, 1.54) is 11.1 Å². The number of benzene rings is 3. The van der Waals surface area contributed by atoms with Crippen LogP contribution in [-0.2, 0) is 32.9 Å². The van der Waals surface area contributed by atoms with Gasteiger partial charge in [0.05, 0.1) is 0 Å². The van der Waals surface area contributed by atoms with E-state index < -0.39 is 0 Å². The number of rotatable bonds is 8. The number of nitrogens with zero attached hydrogens (tertiary/aromatic N) is 4. The van der Waals surface area contributed by atoms with Gasteiger partial charge in [0.25, 0.3) is 0 Å². The van der Waals surface area contributed by atoms with Crippen molar-refractivity contribution in [3.8, 4) is 45.4 Å². The van der Waals surface area contributed by atoms with Crippen LogP contribution in [0.4, 0.5) is 0 Å². The molecule has 1 radical (unpaired) electrons. The maximum atomic E-state index is 4.87. The summed E-state index contributed by atoms with van der Waals surface area (Å²) >= 11 is 0. The molecule has 2 heterocycles. The molecule has 0 saturated carbocycles. The molecule has 0 atom stereocenters. The van der Waals surface area contributed by atoms with Gasteiger partial charge in [-0.3, -0.25) is 0 Å². The van der Waals surface area contributed by atoms with Crippen LogP contribution in [0.1, 0.15) is 37.8 Å². The monoisotopic (exact) mass is 662 g/mol. The van der Waals surface area contributed by atoms with Crippen LogP contribution in [0.5, 0.6) is 0 Å². The fraction of sp³-hybridized carbons (Fsp3) is 0.188. The molecule has 0 aliphatic rings. The van der Waals surface area contributed by atoms with Crippen molar-refractivity contribution < 1.29 is 20.1 Å². The molecule has 0 saturated heterocycles. The molecule has 2 aromatic heterocycles. The molecule has 187 valence electrons. The van der Waals surface area contributed by atoms with Gasteiger partial charge in [0.15, 0.2) is 17.5 Å². The summed E-state index contributed by atoms with van der Waals surface area (Å²) in [5.74, 6) is 1.94. The minimum atomic E-state index is 0.